The predicted molar refractivity (Wildman–Crippen MR) is 138 cm³/mol. The number of aromatic nitrogens is 3. The van der Waals surface area contributed by atoms with Gasteiger partial charge in [-0.2, -0.15) is 5.10 Å². The van der Waals surface area contributed by atoms with E-state index in [0.717, 1.165) is 5.95 Å². The summed E-state index contributed by atoms with van der Waals surface area (Å²) in [7, 11) is 0. The fraction of sp³-hybridized carbons (Fsp3) is 0.667. The highest BCUT2D eigenvalue weighted by Gasteiger charge is 2.60. The van der Waals surface area contributed by atoms with Gasteiger partial charge in [-0.15, -0.1) is 0 Å². The quantitative estimate of drug-likeness (QED) is 0.503. The molecule has 0 spiro atoms. The molecule has 31 heavy (non-hydrogen) atoms. The second-order valence-electron chi connectivity index (χ2n) is 10.2. The van der Waals surface area contributed by atoms with Gasteiger partial charge in [-0.25, -0.2) is 9.67 Å². The molecule has 2 aromatic rings. The van der Waals surface area contributed by atoms with E-state index in [1.807, 2.05) is 13.8 Å². The lowest BCUT2D eigenvalue weighted by Crippen LogP contribution is -2.72. The minimum absolute atomic E-state index is 0.160. The summed E-state index contributed by atoms with van der Waals surface area (Å²) in [6.45, 7) is 25.5. The number of nitrogens with zero attached hydrogens (tertiary/aromatic N) is 5. The first-order valence-electron chi connectivity index (χ1n) is 12.1. The first-order valence-corrected chi connectivity index (χ1v) is 12.1. The Morgan fingerprint density at radius 1 is 0.968 bits per heavy atom. The molecule has 2 atom stereocenters. The van der Waals surface area contributed by atoms with Gasteiger partial charge >= 0.3 is 0 Å². The van der Waals surface area contributed by atoms with E-state index in [1.54, 1.807) is 6.33 Å². The Hall–Kier alpha value is -1.91. The predicted octanol–water partition coefficient (Wildman–Crippen LogP) is 6.32. The van der Waals surface area contributed by atoms with Crippen LogP contribution in [0.25, 0.3) is 0 Å². The summed E-state index contributed by atoms with van der Waals surface area (Å²) in [6, 6.07) is 10.8. The zero-order chi connectivity index (χ0) is 23.6. The highest BCUT2D eigenvalue weighted by molar-refractivity contribution is 6.84. The maximum absolute atomic E-state index is 4.65. The highest BCUT2D eigenvalue weighted by atomic mass is 15.6. The summed E-state index contributed by atoms with van der Waals surface area (Å²) >= 11 is 0. The van der Waals surface area contributed by atoms with Gasteiger partial charge in [0.2, 0.25) is 5.95 Å². The first-order chi connectivity index (χ1) is 14.6. The number of benzene rings is 1. The van der Waals surface area contributed by atoms with E-state index < -0.39 is 0 Å². The van der Waals surface area contributed by atoms with Crippen LogP contribution in [0.15, 0.2) is 36.7 Å². The van der Waals surface area contributed by atoms with Crippen molar-refractivity contribution in [2.45, 2.75) is 99.8 Å². The van der Waals surface area contributed by atoms with Crippen molar-refractivity contribution in [1.82, 2.24) is 14.8 Å². The van der Waals surface area contributed by atoms with Crippen molar-refractivity contribution in [3.8, 4) is 0 Å². The van der Waals surface area contributed by atoms with Crippen LogP contribution in [0.2, 0.25) is 19.4 Å². The van der Waals surface area contributed by atoms with Crippen molar-refractivity contribution in [3.63, 3.8) is 0 Å². The molecule has 0 saturated carbocycles. The van der Waals surface area contributed by atoms with E-state index in [4.69, 9.17) is 0 Å². The molecule has 1 saturated heterocycles. The molecular formula is C24H43B2N5. The van der Waals surface area contributed by atoms with E-state index >= 15 is 0 Å². The standard InChI is InChI=1S/C19H29B2N5.C3H8.C2H6/c1-18(2,3)15-20(6)24(14-11-9-8-10-12-14)16-19(4,5)26-17(22-13-23-26)25(16)21(15)7;1-3-2;1-2/h8-13,15-16H,1-7H3;3H2,1-2H3;1-2H3. The summed E-state index contributed by atoms with van der Waals surface area (Å²) in [5, 5.41) is 4.59. The van der Waals surface area contributed by atoms with Crippen LogP contribution in [-0.2, 0) is 5.54 Å². The Balaban J connectivity index is 0.000000630. The highest BCUT2D eigenvalue weighted by Crippen LogP contribution is 2.50. The summed E-state index contributed by atoms with van der Waals surface area (Å²) in [5.74, 6) is 0.995. The third-order valence-electron chi connectivity index (χ3n) is 6.44. The van der Waals surface area contributed by atoms with Crippen molar-refractivity contribution < 1.29 is 0 Å². The Kier molecular flexibility index (Phi) is 7.94. The number of hydrogen-bond donors (Lipinski definition) is 0. The summed E-state index contributed by atoms with van der Waals surface area (Å²) in [4.78, 5) is 9.76. The van der Waals surface area contributed by atoms with Crippen molar-refractivity contribution in [2.24, 2.45) is 5.41 Å². The third-order valence-corrected chi connectivity index (χ3v) is 6.44. The lowest BCUT2D eigenvalue weighted by Gasteiger charge is -2.56. The molecule has 0 aliphatic carbocycles. The molecule has 170 valence electrons. The molecule has 3 heterocycles. The van der Waals surface area contributed by atoms with Crippen LogP contribution in [0.5, 0.6) is 0 Å². The molecule has 0 N–H and O–H groups in total. The molecule has 7 heteroatoms. The monoisotopic (exact) mass is 423 g/mol. The largest absolute Gasteiger partial charge is 0.396 e. The number of rotatable bonds is 1. The minimum atomic E-state index is -0.160. The number of para-hydroxylation sites is 1. The summed E-state index contributed by atoms with van der Waals surface area (Å²) < 4.78 is 2.11. The molecule has 5 nitrogen and oxygen atoms in total. The Morgan fingerprint density at radius 3 is 2.00 bits per heavy atom. The van der Waals surface area contributed by atoms with Crippen molar-refractivity contribution in [2.75, 3.05) is 9.62 Å². The van der Waals surface area contributed by atoms with Gasteiger partial charge in [-0.1, -0.05) is 86.7 Å². The van der Waals surface area contributed by atoms with E-state index in [0.29, 0.717) is 19.4 Å². The van der Waals surface area contributed by atoms with Crippen LogP contribution in [0.4, 0.5) is 11.6 Å². The van der Waals surface area contributed by atoms with Crippen LogP contribution < -0.4 is 9.62 Å². The lowest BCUT2D eigenvalue weighted by atomic mass is 9.24. The molecule has 2 unspecified atom stereocenters. The normalized spacial score (nSPS) is 21.5. The van der Waals surface area contributed by atoms with E-state index in [-0.39, 0.29) is 17.1 Å². The number of anilines is 2. The average molecular weight is 423 g/mol. The van der Waals surface area contributed by atoms with Gasteiger partial charge in [-0.05, 0) is 37.1 Å². The van der Waals surface area contributed by atoms with E-state index in [9.17, 15) is 0 Å². The molecule has 4 rings (SSSR count). The number of hydrogen-bond acceptors (Lipinski definition) is 4. The average Bonchev–Trinajstić information content (AvgIpc) is 3.26. The molecular weight excluding hydrogens is 380 g/mol. The van der Waals surface area contributed by atoms with Gasteiger partial charge in [0.15, 0.2) is 0 Å². The first kappa shape index (κ1) is 25.4. The van der Waals surface area contributed by atoms with Gasteiger partial charge in [-0.3, -0.25) is 0 Å². The zero-order valence-electron chi connectivity index (χ0n) is 21.7. The Bertz CT molecular complexity index is 815. The van der Waals surface area contributed by atoms with E-state index in [2.05, 4.69) is 117 Å². The van der Waals surface area contributed by atoms with Crippen molar-refractivity contribution in [1.29, 1.82) is 0 Å². The van der Waals surface area contributed by atoms with Gasteiger partial charge < -0.3 is 9.62 Å². The minimum Gasteiger partial charge on any atom is -0.396 e. The molecule has 0 bridgehead atoms. The van der Waals surface area contributed by atoms with Crippen LogP contribution in [0.1, 0.15) is 68.7 Å². The van der Waals surface area contributed by atoms with Crippen LogP contribution in [0, 0.1) is 5.41 Å². The molecule has 2 aliphatic heterocycles. The zero-order valence-corrected chi connectivity index (χ0v) is 21.7. The molecule has 1 aromatic heterocycles. The Labute approximate surface area is 191 Å². The van der Waals surface area contributed by atoms with Gasteiger partial charge in [0.25, 0.3) is 13.7 Å². The fourth-order valence-corrected chi connectivity index (χ4v) is 5.65. The molecule has 2 aliphatic rings. The summed E-state index contributed by atoms with van der Waals surface area (Å²) in [6.07, 6.45) is 3.14. The van der Waals surface area contributed by atoms with Gasteiger partial charge in [0.1, 0.15) is 12.5 Å². The topological polar surface area (TPSA) is 37.2 Å². The lowest BCUT2D eigenvalue weighted by molar-refractivity contribution is 0.300. The maximum atomic E-state index is 4.65. The van der Waals surface area contributed by atoms with Gasteiger partial charge in [0.05, 0.1) is 5.54 Å². The Morgan fingerprint density at radius 2 is 1.48 bits per heavy atom. The molecule has 1 fully saturated rings. The second kappa shape index (κ2) is 9.70. The third kappa shape index (κ3) is 4.38. The number of fused-ring (bicyclic) bond motifs is 3. The SMILES string of the molecule is CB1C(C(C)(C)C)B(C)N2c3ncnn3C(C)(C)C2N1c1ccccc1.CC.CCC. The fourth-order valence-electron chi connectivity index (χ4n) is 5.65. The molecule has 0 radical (unpaired) electrons. The van der Waals surface area contributed by atoms with Crippen LogP contribution in [-0.4, -0.2) is 34.6 Å². The van der Waals surface area contributed by atoms with Gasteiger partial charge in [0, 0.05) is 5.69 Å². The molecule has 1 aromatic carbocycles. The van der Waals surface area contributed by atoms with Crippen molar-refractivity contribution >= 4 is 25.3 Å². The van der Waals surface area contributed by atoms with E-state index in [1.165, 1.54) is 12.1 Å². The smallest absolute Gasteiger partial charge is 0.256 e. The maximum Gasteiger partial charge on any atom is 0.256 e. The van der Waals surface area contributed by atoms with Crippen LogP contribution >= 0.6 is 0 Å². The van der Waals surface area contributed by atoms with Crippen LogP contribution in [0.3, 0.4) is 0 Å². The van der Waals surface area contributed by atoms with Crippen molar-refractivity contribution in [3.05, 3.63) is 36.7 Å². The second-order valence-corrected chi connectivity index (χ2v) is 10.2. The summed E-state index contributed by atoms with van der Waals surface area (Å²) in [5.41, 5.74) is 1.80. The molecule has 0 amide bonds.